The molecule has 2 nitrogen and oxygen atoms in total. The van der Waals surface area contributed by atoms with Crippen LogP contribution in [0.1, 0.15) is 32.1 Å². The lowest BCUT2D eigenvalue weighted by Crippen LogP contribution is -2.18. The summed E-state index contributed by atoms with van der Waals surface area (Å²) in [6.45, 7) is 0. The van der Waals surface area contributed by atoms with E-state index in [1.54, 1.807) is 0 Å². The van der Waals surface area contributed by atoms with Crippen LogP contribution in [-0.2, 0) is 9.53 Å². The molecule has 4 unspecified atom stereocenters. The van der Waals surface area contributed by atoms with Gasteiger partial charge in [-0.05, 0) is 43.4 Å². The molecule has 2 aliphatic carbocycles. The van der Waals surface area contributed by atoms with Gasteiger partial charge in [0.25, 0.3) is 0 Å². The van der Waals surface area contributed by atoms with E-state index in [-0.39, 0.29) is 5.97 Å². The predicted molar refractivity (Wildman–Crippen MR) is 43.4 cm³/mol. The molecule has 0 radical (unpaired) electrons. The van der Waals surface area contributed by atoms with E-state index in [1.165, 1.54) is 19.3 Å². The zero-order valence-electron chi connectivity index (χ0n) is 7.16. The van der Waals surface area contributed by atoms with Crippen LogP contribution in [0.5, 0.6) is 0 Å². The molecule has 3 bridgehead atoms. The third kappa shape index (κ3) is 0.900. The van der Waals surface area contributed by atoms with E-state index in [0.717, 1.165) is 18.3 Å². The third-order valence-electron chi connectivity index (χ3n) is 3.77. The summed E-state index contributed by atoms with van der Waals surface area (Å²) >= 11 is 0. The summed E-state index contributed by atoms with van der Waals surface area (Å²) in [6.07, 6.45) is 6.04. The van der Waals surface area contributed by atoms with Gasteiger partial charge in [0.1, 0.15) is 6.10 Å². The molecule has 66 valence electrons. The second-order valence-electron chi connectivity index (χ2n) is 4.67. The van der Waals surface area contributed by atoms with E-state index in [9.17, 15) is 4.79 Å². The molecule has 3 fully saturated rings. The zero-order chi connectivity index (χ0) is 8.13. The molecule has 12 heavy (non-hydrogen) atoms. The molecule has 4 atom stereocenters. The molecule has 3 aliphatic rings. The molecule has 0 aromatic rings. The normalized spacial score (nSPS) is 50.5. The number of esters is 1. The Kier molecular flexibility index (Phi) is 1.29. The van der Waals surface area contributed by atoms with Crippen molar-refractivity contribution in [2.24, 2.45) is 17.8 Å². The fourth-order valence-electron chi connectivity index (χ4n) is 3.40. The number of fused-ring (bicyclic) bond motifs is 2. The maximum atomic E-state index is 11.2. The molecule has 0 aromatic carbocycles. The summed E-state index contributed by atoms with van der Waals surface area (Å²) in [5, 5.41) is 0. The highest BCUT2D eigenvalue weighted by atomic mass is 16.5. The average molecular weight is 166 g/mol. The highest BCUT2D eigenvalue weighted by molar-refractivity contribution is 5.70. The van der Waals surface area contributed by atoms with Crippen LogP contribution in [0.4, 0.5) is 0 Å². The van der Waals surface area contributed by atoms with Crippen LogP contribution in [0.25, 0.3) is 0 Å². The minimum absolute atomic E-state index is 0.0628. The highest BCUT2D eigenvalue weighted by Gasteiger charge is 2.45. The molecular formula is C10H14O2. The van der Waals surface area contributed by atoms with E-state index in [4.69, 9.17) is 4.74 Å². The lowest BCUT2D eigenvalue weighted by atomic mass is 9.80. The van der Waals surface area contributed by atoms with Crippen molar-refractivity contribution in [2.45, 2.75) is 38.2 Å². The fourth-order valence-corrected chi connectivity index (χ4v) is 3.40. The van der Waals surface area contributed by atoms with Gasteiger partial charge in [0.05, 0.1) is 0 Å². The summed E-state index contributed by atoms with van der Waals surface area (Å²) in [4.78, 5) is 11.2. The molecule has 1 aliphatic heterocycles. The highest BCUT2D eigenvalue weighted by Crippen LogP contribution is 2.49. The molecule has 0 amide bonds. The fraction of sp³-hybridized carbons (Fsp3) is 0.900. The quantitative estimate of drug-likeness (QED) is 0.512. The summed E-state index contributed by atoms with van der Waals surface area (Å²) in [5.41, 5.74) is 0. The van der Waals surface area contributed by atoms with Crippen molar-refractivity contribution in [1.82, 2.24) is 0 Å². The smallest absolute Gasteiger partial charge is 0.306 e. The van der Waals surface area contributed by atoms with Crippen LogP contribution in [0, 0.1) is 17.8 Å². The molecule has 1 heterocycles. The van der Waals surface area contributed by atoms with Crippen LogP contribution in [-0.4, -0.2) is 12.1 Å². The van der Waals surface area contributed by atoms with Crippen molar-refractivity contribution >= 4 is 5.97 Å². The van der Waals surface area contributed by atoms with Gasteiger partial charge in [-0.1, -0.05) is 0 Å². The van der Waals surface area contributed by atoms with Gasteiger partial charge in [0.15, 0.2) is 0 Å². The van der Waals surface area contributed by atoms with E-state index < -0.39 is 0 Å². The van der Waals surface area contributed by atoms with Crippen molar-refractivity contribution in [2.75, 3.05) is 0 Å². The van der Waals surface area contributed by atoms with E-state index in [1.807, 2.05) is 0 Å². The first-order valence-corrected chi connectivity index (χ1v) is 5.01. The van der Waals surface area contributed by atoms with Crippen molar-refractivity contribution in [3.05, 3.63) is 0 Å². The molecule has 0 N–H and O–H groups in total. The standard InChI is InChI=1S/C10H14O2/c11-10-5-7-1-6-2-8(3-7)9(4-6)12-10/h6-9H,1-5H2. The average Bonchev–Trinajstić information content (AvgIpc) is 2.20. The van der Waals surface area contributed by atoms with Crippen LogP contribution < -0.4 is 0 Å². The lowest BCUT2D eigenvalue weighted by molar-refractivity contribution is -0.150. The molecule has 3 rings (SSSR count). The minimum Gasteiger partial charge on any atom is -0.462 e. The maximum Gasteiger partial charge on any atom is 0.306 e. The van der Waals surface area contributed by atoms with E-state index in [0.29, 0.717) is 18.4 Å². The second kappa shape index (κ2) is 2.24. The Bertz CT molecular complexity index is 222. The first-order chi connectivity index (χ1) is 5.81. The number of hydrogen-bond donors (Lipinski definition) is 0. The van der Waals surface area contributed by atoms with Crippen molar-refractivity contribution in [3.63, 3.8) is 0 Å². The third-order valence-corrected chi connectivity index (χ3v) is 3.77. The largest absolute Gasteiger partial charge is 0.462 e. The maximum absolute atomic E-state index is 11.2. The van der Waals surface area contributed by atoms with Gasteiger partial charge in [-0.2, -0.15) is 0 Å². The Morgan fingerprint density at radius 2 is 1.92 bits per heavy atom. The molecule has 2 saturated carbocycles. The van der Waals surface area contributed by atoms with E-state index >= 15 is 0 Å². The molecular weight excluding hydrogens is 152 g/mol. The number of hydrogen-bond acceptors (Lipinski definition) is 2. The van der Waals surface area contributed by atoms with Crippen molar-refractivity contribution in [3.8, 4) is 0 Å². The van der Waals surface area contributed by atoms with Gasteiger partial charge in [-0.3, -0.25) is 4.79 Å². The summed E-state index contributed by atoms with van der Waals surface area (Å²) in [6, 6.07) is 0. The van der Waals surface area contributed by atoms with Crippen LogP contribution in [0.3, 0.4) is 0 Å². The Labute approximate surface area is 72.3 Å². The first-order valence-electron chi connectivity index (χ1n) is 5.01. The summed E-state index contributed by atoms with van der Waals surface area (Å²) < 4.78 is 5.40. The van der Waals surface area contributed by atoms with Gasteiger partial charge in [0.2, 0.25) is 0 Å². The van der Waals surface area contributed by atoms with Gasteiger partial charge < -0.3 is 4.74 Å². The Hall–Kier alpha value is -0.530. The second-order valence-corrected chi connectivity index (χ2v) is 4.67. The van der Waals surface area contributed by atoms with Gasteiger partial charge in [-0.25, -0.2) is 0 Å². The topological polar surface area (TPSA) is 26.3 Å². The molecule has 2 heteroatoms. The predicted octanol–water partition coefficient (Wildman–Crippen LogP) is 1.74. The molecule has 0 aromatic heterocycles. The number of ether oxygens (including phenoxy) is 1. The van der Waals surface area contributed by atoms with Gasteiger partial charge >= 0.3 is 5.97 Å². The Morgan fingerprint density at radius 1 is 1.08 bits per heavy atom. The van der Waals surface area contributed by atoms with Gasteiger partial charge in [-0.15, -0.1) is 0 Å². The monoisotopic (exact) mass is 166 g/mol. The SMILES string of the molecule is O=C1CC2CC3CC(C2)C(C3)O1. The summed E-state index contributed by atoms with van der Waals surface area (Å²) in [7, 11) is 0. The number of carbonyl (C=O) groups excluding carboxylic acids is 1. The molecule has 0 spiro atoms. The lowest BCUT2D eigenvalue weighted by Gasteiger charge is -2.24. The Morgan fingerprint density at radius 3 is 2.83 bits per heavy atom. The zero-order valence-corrected chi connectivity index (χ0v) is 7.16. The van der Waals surface area contributed by atoms with Crippen molar-refractivity contribution < 1.29 is 9.53 Å². The van der Waals surface area contributed by atoms with Gasteiger partial charge in [0, 0.05) is 6.42 Å². The molecule has 1 saturated heterocycles. The first kappa shape index (κ1) is 6.93. The summed E-state index contributed by atoms with van der Waals surface area (Å²) in [5.74, 6) is 2.33. The number of carbonyl (C=O) groups is 1. The van der Waals surface area contributed by atoms with Crippen LogP contribution >= 0.6 is 0 Å². The number of rotatable bonds is 0. The Balaban J connectivity index is 1.92. The van der Waals surface area contributed by atoms with Crippen LogP contribution in [0.2, 0.25) is 0 Å². The van der Waals surface area contributed by atoms with Crippen LogP contribution in [0.15, 0.2) is 0 Å². The van der Waals surface area contributed by atoms with E-state index in [2.05, 4.69) is 0 Å². The van der Waals surface area contributed by atoms with Crippen molar-refractivity contribution in [1.29, 1.82) is 0 Å². The minimum atomic E-state index is 0.0628.